The Kier molecular flexibility index (Phi) is 3.97. The molecule has 2 rings (SSSR count). The first-order valence-electron chi connectivity index (χ1n) is 6.27. The molecule has 0 unspecified atom stereocenters. The monoisotopic (exact) mass is 218 g/mol. The molecule has 0 spiro atoms. The topological polar surface area (TPSA) is 29.3 Å². The van der Waals surface area contributed by atoms with Gasteiger partial charge >= 0.3 is 0 Å². The van der Waals surface area contributed by atoms with Gasteiger partial charge in [0.05, 0.1) is 0 Å². The molecule has 1 aliphatic rings. The molecule has 1 heterocycles. The molecule has 2 nitrogen and oxygen atoms in total. The zero-order valence-corrected chi connectivity index (χ0v) is 10.1. The molecule has 1 aromatic rings. The molecule has 2 atom stereocenters. The van der Waals surface area contributed by atoms with E-state index in [0.29, 0.717) is 6.04 Å². The Balaban J connectivity index is 1.98. The van der Waals surface area contributed by atoms with E-state index < -0.39 is 0 Å². The average molecular weight is 218 g/mol. The molecule has 16 heavy (non-hydrogen) atoms. The summed E-state index contributed by atoms with van der Waals surface area (Å²) >= 11 is 0. The zero-order chi connectivity index (χ0) is 11.4. The van der Waals surface area contributed by atoms with Crippen molar-refractivity contribution in [1.29, 1.82) is 0 Å². The summed E-state index contributed by atoms with van der Waals surface area (Å²) in [5, 5.41) is 0. The number of hydrogen-bond acceptors (Lipinski definition) is 2. The van der Waals surface area contributed by atoms with Gasteiger partial charge < -0.3 is 5.73 Å². The second-order valence-corrected chi connectivity index (χ2v) is 4.98. The highest BCUT2D eigenvalue weighted by atomic mass is 15.2. The molecule has 0 saturated carbocycles. The van der Waals surface area contributed by atoms with E-state index in [9.17, 15) is 0 Å². The standard InChI is InChI=1S/C14H22N2/c1-12-7-8-16(14(9-12)10-15)11-13-5-3-2-4-6-13/h2-6,12,14H,7-11,15H2,1H3/t12-,14-/m1/s1. The summed E-state index contributed by atoms with van der Waals surface area (Å²) in [5.74, 6) is 0.834. The van der Waals surface area contributed by atoms with E-state index >= 15 is 0 Å². The van der Waals surface area contributed by atoms with E-state index in [1.54, 1.807) is 0 Å². The molecule has 2 heteroatoms. The maximum Gasteiger partial charge on any atom is 0.0237 e. The van der Waals surface area contributed by atoms with Crippen LogP contribution < -0.4 is 5.73 Å². The summed E-state index contributed by atoms with van der Waals surface area (Å²) in [6.07, 6.45) is 2.56. The van der Waals surface area contributed by atoms with Gasteiger partial charge in [-0.2, -0.15) is 0 Å². The Morgan fingerprint density at radius 2 is 2.06 bits per heavy atom. The molecule has 0 bridgehead atoms. The maximum atomic E-state index is 5.87. The molecular formula is C14H22N2. The second kappa shape index (κ2) is 5.46. The lowest BCUT2D eigenvalue weighted by molar-refractivity contribution is 0.115. The van der Waals surface area contributed by atoms with Gasteiger partial charge in [-0.25, -0.2) is 0 Å². The number of benzene rings is 1. The van der Waals surface area contributed by atoms with E-state index in [1.165, 1.54) is 24.9 Å². The Labute approximate surface area is 98.4 Å². The molecule has 1 fully saturated rings. The minimum Gasteiger partial charge on any atom is -0.329 e. The fourth-order valence-corrected chi connectivity index (χ4v) is 2.57. The van der Waals surface area contributed by atoms with Crippen LogP contribution in [-0.4, -0.2) is 24.0 Å². The molecule has 1 saturated heterocycles. The highest BCUT2D eigenvalue weighted by Gasteiger charge is 2.24. The van der Waals surface area contributed by atoms with Crippen molar-refractivity contribution in [2.24, 2.45) is 11.7 Å². The summed E-state index contributed by atoms with van der Waals surface area (Å²) in [4.78, 5) is 2.54. The quantitative estimate of drug-likeness (QED) is 0.843. The minimum atomic E-state index is 0.573. The molecule has 0 amide bonds. The zero-order valence-electron chi connectivity index (χ0n) is 10.1. The highest BCUT2D eigenvalue weighted by molar-refractivity contribution is 5.14. The Hall–Kier alpha value is -0.860. The van der Waals surface area contributed by atoms with Gasteiger partial charge in [0, 0.05) is 19.1 Å². The Morgan fingerprint density at radius 3 is 2.75 bits per heavy atom. The van der Waals surface area contributed by atoms with Gasteiger partial charge in [-0.3, -0.25) is 4.90 Å². The predicted molar refractivity (Wildman–Crippen MR) is 68.1 cm³/mol. The van der Waals surface area contributed by atoms with Gasteiger partial charge in [0.1, 0.15) is 0 Å². The SMILES string of the molecule is C[C@@H]1CCN(Cc2ccccc2)[C@@H](CN)C1. The Morgan fingerprint density at radius 1 is 1.31 bits per heavy atom. The van der Waals surface area contributed by atoms with Crippen LogP contribution in [0.5, 0.6) is 0 Å². The van der Waals surface area contributed by atoms with Gasteiger partial charge in [0.15, 0.2) is 0 Å². The van der Waals surface area contributed by atoms with E-state index in [-0.39, 0.29) is 0 Å². The van der Waals surface area contributed by atoms with Crippen LogP contribution in [0.2, 0.25) is 0 Å². The molecule has 88 valence electrons. The van der Waals surface area contributed by atoms with Crippen molar-refractivity contribution < 1.29 is 0 Å². The largest absolute Gasteiger partial charge is 0.329 e. The van der Waals surface area contributed by atoms with Gasteiger partial charge in [0.2, 0.25) is 0 Å². The molecule has 0 aromatic heterocycles. The fraction of sp³-hybridized carbons (Fsp3) is 0.571. The van der Waals surface area contributed by atoms with Crippen molar-refractivity contribution in [3.8, 4) is 0 Å². The Bertz CT molecular complexity index is 310. The third kappa shape index (κ3) is 2.83. The van der Waals surface area contributed by atoms with E-state index in [4.69, 9.17) is 5.73 Å². The fourth-order valence-electron chi connectivity index (χ4n) is 2.57. The van der Waals surface area contributed by atoms with Gasteiger partial charge in [-0.05, 0) is 30.9 Å². The van der Waals surface area contributed by atoms with Crippen molar-refractivity contribution >= 4 is 0 Å². The van der Waals surface area contributed by atoms with Crippen molar-refractivity contribution in [2.75, 3.05) is 13.1 Å². The lowest BCUT2D eigenvalue weighted by Crippen LogP contribution is -2.45. The first-order chi connectivity index (χ1) is 7.79. The number of rotatable bonds is 3. The van der Waals surface area contributed by atoms with Crippen LogP contribution in [0, 0.1) is 5.92 Å². The number of hydrogen-bond donors (Lipinski definition) is 1. The molecular weight excluding hydrogens is 196 g/mol. The van der Waals surface area contributed by atoms with E-state index in [2.05, 4.69) is 42.2 Å². The van der Waals surface area contributed by atoms with Crippen LogP contribution in [0.15, 0.2) is 30.3 Å². The van der Waals surface area contributed by atoms with Crippen LogP contribution in [0.25, 0.3) is 0 Å². The predicted octanol–water partition coefficient (Wildman–Crippen LogP) is 2.25. The summed E-state index contributed by atoms with van der Waals surface area (Å²) in [5.41, 5.74) is 7.27. The van der Waals surface area contributed by atoms with E-state index in [1.807, 2.05) is 0 Å². The maximum absolute atomic E-state index is 5.87. The second-order valence-electron chi connectivity index (χ2n) is 4.98. The highest BCUT2D eigenvalue weighted by Crippen LogP contribution is 2.23. The number of nitrogens with zero attached hydrogens (tertiary/aromatic N) is 1. The van der Waals surface area contributed by atoms with Crippen molar-refractivity contribution in [2.45, 2.75) is 32.4 Å². The summed E-state index contributed by atoms with van der Waals surface area (Å²) in [6, 6.07) is 11.3. The minimum absolute atomic E-state index is 0.573. The van der Waals surface area contributed by atoms with Crippen LogP contribution in [0.3, 0.4) is 0 Å². The van der Waals surface area contributed by atoms with Crippen molar-refractivity contribution in [1.82, 2.24) is 4.90 Å². The van der Waals surface area contributed by atoms with Crippen LogP contribution in [0.1, 0.15) is 25.3 Å². The lowest BCUT2D eigenvalue weighted by Gasteiger charge is -2.38. The van der Waals surface area contributed by atoms with Crippen LogP contribution in [0.4, 0.5) is 0 Å². The third-order valence-electron chi connectivity index (χ3n) is 3.60. The van der Waals surface area contributed by atoms with Crippen LogP contribution in [-0.2, 0) is 6.54 Å². The molecule has 1 aliphatic heterocycles. The van der Waals surface area contributed by atoms with E-state index in [0.717, 1.165) is 19.0 Å². The van der Waals surface area contributed by atoms with Crippen molar-refractivity contribution in [3.05, 3.63) is 35.9 Å². The first kappa shape index (κ1) is 11.6. The summed E-state index contributed by atoms with van der Waals surface area (Å²) in [7, 11) is 0. The average Bonchev–Trinajstić information content (AvgIpc) is 2.33. The summed E-state index contributed by atoms with van der Waals surface area (Å²) < 4.78 is 0. The number of likely N-dealkylation sites (tertiary alicyclic amines) is 1. The molecule has 0 radical (unpaired) electrons. The summed E-state index contributed by atoms with van der Waals surface area (Å²) in [6.45, 7) is 5.37. The lowest BCUT2D eigenvalue weighted by atomic mass is 9.92. The third-order valence-corrected chi connectivity index (χ3v) is 3.60. The van der Waals surface area contributed by atoms with Crippen LogP contribution >= 0.6 is 0 Å². The number of nitrogens with two attached hydrogens (primary N) is 1. The first-order valence-corrected chi connectivity index (χ1v) is 6.27. The normalized spacial score (nSPS) is 26.9. The van der Waals surface area contributed by atoms with Gasteiger partial charge in [-0.1, -0.05) is 37.3 Å². The molecule has 2 N–H and O–H groups in total. The molecule has 0 aliphatic carbocycles. The smallest absolute Gasteiger partial charge is 0.0237 e. The van der Waals surface area contributed by atoms with Gasteiger partial charge in [0.25, 0.3) is 0 Å². The van der Waals surface area contributed by atoms with Gasteiger partial charge in [-0.15, -0.1) is 0 Å². The van der Waals surface area contributed by atoms with Crippen molar-refractivity contribution in [3.63, 3.8) is 0 Å². The number of piperidine rings is 1. The molecule has 1 aromatic carbocycles.